The van der Waals surface area contributed by atoms with Gasteiger partial charge in [-0.25, -0.2) is 0 Å². The Kier molecular flexibility index (Phi) is 13.6. The number of ketones is 3. The zero-order chi connectivity index (χ0) is 25.9. The molecule has 6 nitrogen and oxygen atoms in total. The van der Waals surface area contributed by atoms with E-state index in [1.54, 1.807) is 18.7 Å². The van der Waals surface area contributed by atoms with Crippen LogP contribution in [-0.4, -0.2) is 53.5 Å². The van der Waals surface area contributed by atoms with Gasteiger partial charge in [0.05, 0.1) is 12.6 Å². The summed E-state index contributed by atoms with van der Waals surface area (Å²) in [6.45, 7) is 12.2. The minimum absolute atomic E-state index is 0.00587. The number of ether oxygens (including phenoxy) is 1. The van der Waals surface area contributed by atoms with Gasteiger partial charge in [0.15, 0.2) is 11.6 Å². The molecular formula is C27H47NO5S. The molecule has 1 amide bonds. The third-order valence-corrected chi connectivity index (χ3v) is 7.28. The first-order valence-electron chi connectivity index (χ1n) is 13.0. The second-order valence-electron chi connectivity index (χ2n) is 10.8. The molecule has 1 aliphatic heterocycles. The summed E-state index contributed by atoms with van der Waals surface area (Å²) in [7, 11) is 0. The number of hydrogen-bond donors (Lipinski definition) is 1. The Morgan fingerprint density at radius 1 is 1.06 bits per heavy atom. The highest BCUT2D eigenvalue weighted by atomic mass is 32.2. The summed E-state index contributed by atoms with van der Waals surface area (Å²) in [4.78, 5) is 51.9. The van der Waals surface area contributed by atoms with Gasteiger partial charge in [0.25, 0.3) is 0 Å². The number of rotatable bonds is 19. The van der Waals surface area contributed by atoms with E-state index in [4.69, 9.17) is 4.74 Å². The molecule has 1 aliphatic rings. The van der Waals surface area contributed by atoms with E-state index in [0.717, 1.165) is 25.0 Å². The fraction of sp³-hybridized carbons (Fsp3) is 0.852. The lowest BCUT2D eigenvalue weighted by Gasteiger charge is -2.26. The van der Waals surface area contributed by atoms with Crippen molar-refractivity contribution in [2.24, 2.45) is 23.7 Å². The number of unbranched alkanes of at least 4 members (excludes halogenated alkanes) is 2. The third kappa shape index (κ3) is 10.6. The van der Waals surface area contributed by atoms with E-state index in [9.17, 15) is 19.2 Å². The van der Waals surface area contributed by atoms with Crippen molar-refractivity contribution in [3.63, 3.8) is 0 Å². The first-order valence-corrected chi connectivity index (χ1v) is 14.4. The van der Waals surface area contributed by atoms with Crippen LogP contribution in [0.4, 0.5) is 0 Å². The largest absolute Gasteiger partial charge is 0.362 e. The summed E-state index contributed by atoms with van der Waals surface area (Å²) in [6.07, 6.45) is 6.82. The lowest BCUT2D eigenvalue weighted by molar-refractivity contribution is -0.135. The molecule has 0 radical (unpaired) electrons. The van der Waals surface area contributed by atoms with Gasteiger partial charge >= 0.3 is 0 Å². The van der Waals surface area contributed by atoms with Crippen molar-refractivity contribution in [1.82, 2.24) is 5.32 Å². The Labute approximate surface area is 211 Å². The molecule has 0 aromatic heterocycles. The fourth-order valence-corrected chi connectivity index (χ4v) is 4.77. The number of carbonyl (C=O) groups is 4. The van der Waals surface area contributed by atoms with Gasteiger partial charge in [-0.05, 0) is 50.0 Å². The zero-order valence-electron chi connectivity index (χ0n) is 22.4. The standard InChI is InChI=1S/C27H47NO5S/c1-8-9-10-11-21(29)16-22(19(4)5)26(32)28-23(12-13-34-7)24(30)15-20(14-18(2)3)25(31)27(6)17-33-27/h18-20,22-23H,8-17H2,1-7H3,(H,28,32)/t20-,22+,23+,27-/m1/s1. The monoisotopic (exact) mass is 497 g/mol. The van der Waals surface area contributed by atoms with Gasteiger partial charge in [-0.3, -0.25) is 19.2 Å². The van der Waals surface area contributed by atoms with Gasteiger partial charge in [0.2, 0.25) is 5.91 Å². The quantitative estimate of drug-likeness (QED) is 0.199. The highest BCUT2D eigenvalue weighted by Gasteiger charge is 2.50. The van der Waals surface area contributed by atoms with Gasteiger partial charge in [0.1, 0.15) is 11.4 Å². The van der Waals surface area contributed by atoms with E-state index in [2.05, 4.69) is 12.2 Å². The number of Topliss-reactive ketones (excluding diaryl/α,β-unsaturated/α-hetero) is 3. The second-order valence-corrected chi connectivity index (χ2v) is 11.8. The van der Waals surface area contributed by atoms with Gasteiger partial charge in [0, 0.05) is 31.1 Å². The minimum Gasteiger partial charge on any atom is -0.362 e. The molecule has 4 atom stereocenters. The molecule has 0 aliphatic carbocycles. The maximum Gasteiger partial charge on any atom is 0.224 e. The van der Waals surface area contributed by atoms with E-state index in [1.165, 1.54) is 0 Å². The molecular weight excluding hydrogens is 450 g/mol. The van der Waals surface area contributed by atoms with Crippen molar-refractivity contribution in [3.8, 4) is 0 Å². The summed E-state index contributed by atoms with van der Waals surface area (Å²) in [5.74, 6) is -0.120. The van der Waals surface area contributed by atoms with E-state index < -0.39 is 23.5 Å². The Morgan fingerprint density at radius 2 is 1.71 bits per heavy atom. The minimum atomic E-state index is -0.765. The SMILES string of the molecule is CCCCCC(=O)C[C@H](C(=O)N[C@@H](CCSC)C(=O)C[C@@H](CC(C)C)C(=O)[C@@]1(C)CO1)C(C)C. The Bertz CT molecular complexity index is 687. The lowest BCUT2D eigenvalue weighted by Crippen LogP contribution is -2.46. The van der Waals surface area contributed by atoms with Crippen molar-refractivity contribution in [1.29, 1.82) is 0 Å². The predicted octanol–water partition coefficient (Wildman–Crippen LogP) is 5.02. The average Bonchev–Trinajstić information content (AvgIpc) is 3.51. The van der Waals surface area contributed by atoms with Crippen molar-refractivity contribution in [2.75, 3.05) is 18.6 Å². The molecule has 1 N–H and O–H groups in total. The first kappa shape index (κ1) is 30.8. The number of epoxide rings is 1. The summed E-state index contributed by atoms with van der Waals surface area (Å²) in [6, 6.07) is -0.646. The van der Waals surface area contributed by atoms with Crippen LogP contribution in [0.1, 0.15) is 92.9 Å². The maximum absolute atomic E-state index is 13.3. The Balaban J connectivity index is 2.89. The van der Waals surface area contributed by atoms with Crippen molar-refractivity contribution in [2.45, 2.75) is 105 Å². The smallest absolute Gasteiger partial charge is 0.224 e. The van der Waals surface area contributed by atoms with Crippen LogP contribution in [-0.2, 0) is 23.9 Å². The van der Waals surface area contributed by atoms with Crippen LogP contribution in [0.3, 0.4) is 0 Å². The summed E-state index contributed by atoms with van der Waals surface area (Å²) in [5, 5.41) is 2.96. The van der Waals surface area contributed by atoms with E-state index in [-0.39, 0.29) is 47.9 Å². The third-order valence-electron chi connectivity index (χ3n) is 6.64. The molecule has 0 aromatic rings. The predicted molar refractivity (Wildman–Crippen MR) is 139 cm³/mol. The molecule has 0 saturated carbocycles. The Morgan fingerprint density at radius 3 is 2.21 bits per heavy atom. The molecule has 1 rings (SSSR count). The van der Waals surface area contributed by atoms with Crippen molar-refractivity contribution < 1.29 is 23.9 Å². The summed E-state index contributed by atoms with van der Waals surface area (Å²) < 4.78 is 5.36. The van der Waals surface area contributed by atoms with Gasteiger partial charge in [-0.1, -0.05) is 47.5 Å². The summed E-state index contributed by atoms with van der Waals surface area (Å²) in [5.41, 5.74) is -0.765. The highest BCUT2D eigenvalue weighted by molar-refractivity contribution is 7.98. The van der Waals surface area contributed by atoms with Crippen LogP contribution < -0.4 is 5.32 Å². The molecule has 196 valence electrons. The molecule has 0 spiro atoms. The van der Waals surface area contributed by atoms with Gasteiger partial charge in [-0.2, -0.15) is 11.8 Å². The molecule has 0 aromatic carbocycles. The van der Waals surface area contributed by atoms with Crippen LogP contribution in [0.5, 0.6) is 0 Å². The second kappa shape index (κ2) is 15.0. The molecule has 1 saturated heterocycles. The zero-order valence-corrected chi connectivity index (χ0v) is 23.2. The number of amides is 1. The van der Waals surface area contributed by atoms with E-state index in [0.29, 0.717) is 25.9 Å². The molecule has 0 unspecified atom stereocenters. The number of hydrogen-bond acceptors (Lipinski definition) is 6. The van der Waals surface area contributed by atoms with Crippen LogP contribution in [0, 0.1) is 23.7 Å². The lowest BCUT2D eigenvalue weighted by atomic mass is 9.82. The van der Waals surface area contributed by atoms with Gasteiger partial charge in [-0.15, -0.1) is 0 Å². The van der Waals surface area contributed by atoms with Crippen LogP contribution >= 0.6 is 11.8 Å². The van der Waals surface area contributed by atoms with E-state index in [1.807, 2.05) is 34.0 Å². The van der Waals surface area contributed by atoms with Crippen molar-refractivity contribution >= 4 is 35.0 Å². The first-order chi connectivity index (χ1) is 15.9. The molecule has 0 bridgehead atoms. The molecule has 7 heteroatoms. The average molecular weight is 498 g/mol. The number of thioether (sulfide) groups is 1. The topological polar surface area (TPSA) is 92.8 Å². The molecule has 1 heterocycles. The Hall–Kier alpha value is -1.21. The molecule has 34 heavy (non-hydrogen) atoms. The maximum atomic E-state index is 13.3. The summed E-state index contributed by atoms with van der Waals surface area (Å²) >= 11 is 1.62. The van der Waals surface area contributed by atoms with Crippen molar-refractivity contribution in [3.05, 3.63) is 0 Å². The fourth-order valence-electron chi connectivity index (χ4n) is 4.30. The normalized spacial score (nSPS) is 20.1. The number of carbonyl (C=O) groups excluding carboxylic acids is 4. The van der Waals surface area contributed by atoms with Crippen LogP contribution in [0.15, 0.2) is 0 Å². The van der Waals surface area contributed by atoms with Crippen LogP contribution in [0.25, 0.3) is 0 Å². The van der Waals surface area contributed by atoms with Gasteiger partial charge < -0.3 is 10.1 Å². The van der Waals surface area contributed by atoms with Crippen LogP contribution in [0.2, 0.25) is 0 Å². The number of nitrogens with one attached hydrogen (secondary N) is 1. The molecule has 1 fully saturated rings. The highest BCUT2D eigenvalue weighted by Crippen LogP contribution is 2.34. The van der Waals surface area contributed by atoms with E-state index >= 15 is 0 Å².